The van der Waals surface area contributed by atoms with Gasteiger partial charge in [-0.1, -0.05) is 362 Å². The highest BCUT2D eigenvalue weighted by Gasteiger charge is 2.52. The SMILES string of the molecule is CCCCCCCCCCCCCCCCc1cc([NH3+])c(CCCCCCCCCCCCCCCC)c(CCCCCCCCCCCCCCCC)c1CCCCCCCCCCCCCCCC.Fc1c(F)c(F)c([B-](c2c(F)c(F)c(F)c(F)c2F)(c2c(F)c(F)c(F)c(F)c2F)c2c(F)c(F)c(F)c(F)c2F)c(F)c1F. The van der Waals surface area contributed by atoms with E-state index in [4.69, 9.17) is 5.73 Å². The van der Waals surface area contributed by atoms with Crippen molar-refractivity contribution < 1.29 is 93.5 Å². The Hall–Kier alpha value is -5.28. The van der Waals surface area contributed by atoms with E-state index in [2.05, 4.69) is 33.8 Å². The Morgan fingerprint density at radius 3 is 0.491 bits per heavy atom. The van der Waals surface area contributed by atoms with Crippen LogP contribution in [0, 0.1) is 116 Å². The van der Waals surface area contributed by atoms with E-state index in [0.29, 0.717) is 0 Å². The first-order valence-electron chi connectivity index (χ1n) is 45.1. The van der Waals surface area contributed by atoms with Crippen molar-refractivity contribution in [2.24, 2.45) is 0 Å². The van der Waals surface area contributed by atoms with E-state index >= 15 is 35.1 Å². The van der Waals surface area contributed by atoms with Crippen LogP contribution in [-0.2, 0) is 25.7 Å². The lowest BCUT2D eigenvalue weighted by Crippen LogP contribution is -2.81. The molecule has 1 nitrogen and oxygen atoms in total. The summed E-state index contributed by atoms with van der Waals surface area (Å²) in [5, 5.41) is 0. The topological polar surface area (TPSA) is 27.6 Å². The molecule has 5 rings (SSSR count). The standard InChI is InChI=1S/C70H135N.C24BF20/c1-5-9-13-17-21-25-29-33-37-41-45-49-53-57-61-66-65-70(71)69(64-60-56-52-48-44-40-36-32-28-24-20-16-12-8-4)68(63-59-55-51-47-43-39-35-31-27-23-19-15-11-7-3)67(66)62-58-54-50-46-42-38-34-30-26-22-18-14-10-6-2;26-5-1(6(27)14(35)21(42)13(5)34)25(2-7(28)15(36)22(43)16(37)8(2)29,3-9(30)17(38)23(44)18(39)10(3)31)4-11(32)19(40)24(45)20(41)12(4)33/h65H,5-64,71H2,1-4H3;/q;-1/p+1. The van der Waals surface area contributed by atoms with Crippen LogP contribution in [0.2, 0.25) is 0 Å². The van der Waals surface area contributed by atoms with Crippen LogP contribution in [0.15, 0.2) is 6.07 Å². The molecule has 0 radical (unpaired) electrons. The number of unbranched alkanes of at least 4 members (excludes halogenated alkanes) is 52. The highest BCUT2D eigenvalue weighted by Crippen LogP contribution is 2.35. The highest BCUT2D eigenvalue weighted by atomic mass is 19.2. The van der Waals surface area contributed by atoms with Crippen LogP contribution in [0.1, 0.15) is 410 Å². The number of hydrogen-bond donors (Lipinski definition) is 1. The lowest BCUT2D eigenvalue weighted by molar-refractivity contribution is -0.256. The van der Waals surface area contributed by atoms with Crippen LogP contribution in [0.5, 0.6) is 0 Å². The molecule has 116 heavy (non-hydrogen) atoms. The molecule has 5 aromatic rings. The third kappa shape index (κ3) is 31.9. The molecule has 0 saturated heterocycles. The summed E-state index contributed by atoms with van der Waals surface area (Å²) in [6, 6.07) is 2.63. The van der Waals surface area contributed by atoms with E-state index < -0.39 is 144 Å². The van der Waals surface area contributed by atoms with E-state index in [-0.39, 0.29) is 0 Å². The van der Waals surface area contributed by atoms with Gasteiger partial charge < -0.3 is 5.73 Å². The van der Waals surface area contributed by atoms with Gasteiger partial charge >= 0.3 is 0 Å². The van der Waals surface area contributed by atoms with Gasteiger partial charge in [0.25, 0.3) is 0 Å². The van der Waals surface area contributed by atoms with Gasteiger partial charge in [-0.05, 0) is 68.1 Å². The summed E-state index contributed by atoms with van der Waals surface area (Å²) in [6.07, 6.45) is 78.8. The summed E-state index contributed by atoms with van der Waals surface area (Å²) in [6.45, 7) is 9.32. The predicted molar refractivity (Wildman–Crippen MR) is 434 cm³/mol. The van der Waals surface area contributed by atoms with E-state index in [1.54, 1.807) is 16.7 Å². The second-order valence-corrected chi connectivity index (χ2v) is 32.8. The molecule has 0 aliphatic heterocycles. The minimum absolute atomic E-state index is 1.27. The highest BCUT2D eigenvalue weighted by molar-refractivity contribution is 7.20. The summed E-state index contributed by atoms with van der Waals surface area (Å²) in [5.74, 6) is -71.4. The Balaban J connectivity index is 0.000000536. The van der Waals surface area contributed by atoms with Crippen molar-refractivity contribution in [3.63, 3.8) is 0 Å². The molecular formula is C94H136BF20N. The van der Waals surface area contributed by atoms with Gasteiger partial charge in [0.2, 0.25) is 0 Å². The van der Waals surface area contributed by atoms with Crippen molar-refractivity contribution in [3.05, 3.63) is 145 Å². The van der Waals surface area contributed by atoms with Gasteiger partial charge in [0.1, 0.15) is 58.4 Å². The monoisotopic (exact) mass is 1670 g/mol. The van der Waals surface area contributed by atoms with Crippen molar-refractivity contribution in [2.45, 2.75) is 413 Å². The lowest BCUT2D eigenvalue weighted by Gasteiger charge is -2.44. The summed E-state index contributed by atoms with van der Waals surface area (Å²) >= 11 is 0. The first-order valence-corrected chi connectivity index (χ1v) is 45.1. The largest absolute Gasteiger partial charge is 0.325 e. The van der Waals surface area contributed by atoms with Crippen LogP contribution in [0.3, 0.4) is 0 Å². The van der Waals surface area contributed by atoms with Crippen molar-refractivity contribution in [1.29, 1.82) is 0 Å². The molecule has 0 atom stereocenters. The Kier molecular flexibility index (Phi) is 52.1. The Morgan fingerprint density at radius 1 is 0.172 bits per heavy atom. The molecule has 22 heteroatoms. The van der Waals surface area contributed by atoms with E-state index in [1.165, 1.54) is 391 Å². The quantitative estimate of drug-likeness (QED) is 0.0132. The van der Waals surface area contributed by atoms with Crippen molar-refractivity contribution in [2.75, 3.05) is 0 Å². The molecule has 5 aromatic carbocycles. The van der Waals surface area contributed by atoms with Crippen molar-refractivity contribution in [1.82, 2.24) is 0 Å². The molecule has 0 aliphatic rings. The number of hydrogen-bond acceptors (Lipinski definition) is 0. The molecule has 3 N–H and O–H groups in total. The lowest BCUT2D eigenvalue weighted by atomic mass is 9.12. The summed E-state index contributed by atoms with van der Waals surface area (Å²) in [4.78, 5) is 0. The van der Waals surface area contributed by atoms with Crippen LogP contribution in [-0.4, -0.2) is 6.15 Å². The van der Waals surface area contributed by atoms with Crippen LogP contribution in [0.4, 0.5) is 93.5 Å². The van der Waals surface area contributed by atoms with Crippen molar-refractivity contribution >= 4 is 33.7 Å². The smallest absolute Gasteiger partial charge is 0.200 e. The summed E-state index contributed by atoms with van der Waals surface area (Å²) in [7, 11) is 0. The zero-order valence-corrected chi connectivity index (χ0v) is 70.3. The maximum absolute atomic E-state index is 15.4. The fourth-order valence-corrected chi connectivity index (χ4v) is 17.0. The zero-order valence-electron chi connectivity index (χ0n) is 70.3. The van der Waals surface area contributed by atoms with Gasteiger partial charge in [-0.2, -0.15) is 0 Å². The van der Waals surface area contributed by atoms with Gasteiger partial charge in [0, 0.05) is 11.6 Å². The maximum atomic E-state index is 15.4. The third-order valence-electron chi connectivity index (χ3n) is 23.7. The van der Waals surface area contributed by atoms with Crippen molar-refractivity contribution in [3.8, 4) is 0 Å². The van der Waals surface area contributed by atoms with E-state index in [0.717, 1.165) is 0 Å². The van der Waals surface area contributed by atoms with Gasteiger partial charge in [-0.15, -0.1) is 21.9 Å². The molecule has 660 valence electrons. The molecule has 0 bridgehead atoms. The first-order chi connectivity index (χ1) is 55.9. The number of quaternary nitrogens is 1. The molecule has 0 heterocycles. The minimum atomic E-state index is -7.22. The number of rotatable bonds is 64. The van der Waals surface area contributed by atoms with Gasteiger partial charge in [-0.3, -0.25) is 0 Å². The number of aryl methyl sites for hydroxylation is 1. The van der Waals surface area contributed by atoms with Crippen LogP contribution >= 0.6 is 0 Å². The fourth-order valence-electron chi connectivity index (χ4n) is 17.0. The third-order valence-corrected chi connectivity index (χ3v) is 23.7. The molecule has 0 fully saturated rings. The average molecular weight is 1670 g/mol. The summed E-state index contributed by atoms with van der Waals surface area (Å²) < 4.78 is 294. The second kappa shape index (κ2) is 58.6. The zero-order chi connectivity index (χ0) is 85.4. The predicted octanol–water partition coefficient (Wildman–Crippen LogP) is 30.5. The maximum Gasteiger partial charge on any atom is 0.200 e. The minimum Gasteiger partial charge on any atom is -0.325 e. The molecule has 0 spiro atoms. The fraction of sp³-hybridized carbons (Fsp3) is 0.681. The first kappa shape index (κ1) is 103. The molecule has 0 aliphatic carbocycles. The normalized spacial score (nSPS) is 11.8. The molecule has 0 aromatic heterocycles. The molecule has 0 saturated carbocycles. The second-order valence-electron chi connectivity index (χ2n) is 32.8. The number of benzene rings is 5. The molecular weight excluding hydrogens is 1530 g/mol. The van der Waals surface area contributed by atoms with Crippen LogP contribution < -0.4 is 27.6 Å². The molecule has 0 amide bonds. The van der Waals surface area contributed by atoms with E-state index in [1.807, 2.05) is 5.56 Å². The number of halogens is 20. The average Bonchev–Trinajstić information content (AvgIpc) is 0.681. The molecule has 0 unspecified atom stereocenters. The van der Waals surface area contributed by atoms with E-state index in [9.17, 15) is 52.7 Å². The Labute approximate surface area is 681 Å². The van der Waals surface area contributed by atoms with Gasteiger partial charge in [0.15, 0.2) is 69.8 Å². The van der Waals surface area contributed by atoms with Gasteiger partial charge in [0.05, 0.1) is 0 Å². The Bertz CT molecular complexity index is 3220. The summed E-state index contributed by atoms with van der Waals surface area (Å²) in [5.41, 5.74) is -1.00. The van der Waals surface area contributed by atoms with Crippen LogP contribution in [0.25, 0.3) is 0 Å². The van der Waals surface area contributed by atoms with Gasteiger partial charge in [-0.25, -0.2) is 87.8 Å². The Morgan fingerprint density at radius 2 is 0.310 bits per heavy atom.